The van der Waals surface area contributed by atoms with Crippen molar-refractivity contribution in [2.24, 2.45) is 0 Å². The zero-order chi connectivity index (χ0) is 17.3. The van der Waals surface area contributed by atoms with E-state index in [0.717, 1.165) is 27.8 Å². The molecule has 0 N–H and O–H groups in total. The molecule has 1 atom stereocenters. The van der Waals surface area contributed by atoms with Crippen LogP contribution in [-0.4, -0.2) is 59.3 Å². The molecule has 8 heteroatoms. The number of carbonyl (C=O) groups excluding carboxylic acids is 1. The topological polar surface area (TPSA) is 71.5 Å². The van der Waals surface area contributed by atoms with E-state index in [0.29, 0.717) is 19.0 Å². The van der Waals surface area contributed by atoms with E-state index in [2.05, 4.69) is 15.2 Å². The van der Waals surface area contributed by atoms with Gasteiger partial charge in [0.15, 0.2) is 5.82 Å². The zero-order valence-electron chi connectivity index (χ0n) is 14.3. The summed E-state index contributed by atoms with van der Waals surface area (Å²) in [5.41, 5.74) is 0.803. The molecule has 2 aromatic rings. The lowest BCUT2D eigenvalue weighted by atomic mass is 10.3. The van der Waals surface area contributed by atoms with Crippen molar-refractivity contribution in [2.75, 3.05) is 32.1 Å². The Morgan fingerprint density at radius 2 is 2.12 bits per heavy atom. The number of hydrogen-bond acceptors (Lipinski definition) is 7. The van der Waals surface area contributed by atoms with Crippen LogP contribution in [0.15, 0.2) is 12.1 Å². The third kappa shape index (κ3) is 3.48. The number of nitrogens with zero attached hydrogens (tertiary/aromatic N) is 5. The summed E-state index contributed by atoms with van der Waals surface area (Å²) in [7, 11) is 3.82. The number of aromatic nitrogens is 3. The quantitative estimate of drug-likeness (QED) is 0.841. The molecular weight excluding hydrogens is 326 g/mol. The summed E-state index contributed by atoms with van der Waals surface area (Å²) in [6.07, 6.45) is 0.738. The molecule has 0 aliphatic carbocycles. The van der Waals surface area contributed by atoms with Gasteiger partial charge in [-0.1, -0.05) is 0 Å². The zero-order valence-corrected chi connectivity index (χ0v) is 15.1. The highest BCUT2D eigenvalue weighted by Crippen LogP contribution is 2.23. The Bertz CT molecular complexity index is 729. The third-order valence-electron chi connectivity index (χ3n) is 3.90. The first-order valence-electron chi connectivity index (χ1n) is 7.85. The average molecular weight is 347 g/mol. The third-order valence-corrected chi connectivity index (χ3v) is 4.96. The van der Waals surface area contributed by atoms with Crippen molar-refractivity contribution in [3.63, 3.8) is 0 Å². The van der Waals surface area contributed by atoms with Gasteiger partial charge in [0.2, 0.25) is 5.88 Å². The molecule has 2 aromatic heterocycles. The molecule has 1 fully saturated rings. The Kier molecular flexibility index (Phi) is 4.66. The molecule has 3 heterocycles. The van der Waals surface area contributed by atoms with Gasteiger partial charge in [0.1, 0.15) is 11.0 Å². The van der Waals surface area contributed by atoms with Gasteiger partial charge >= 0.3 is 0 Å². The molecule has 0 unspecified atom stereocenters. The number of amides is 1. The van der Waals surface area contributed by atoms with Gasteiger partial charge in [-0.2, -0.15) is 0 Å². The smallest absolute Gasteiger partial charge is 0.265 e. The Balaban J connectivity index is 1.61. The summed E-state index contributed by atoms with van der Waals surface area (Å²) in [4.78, 5) is 21.4. The van der Waals surface area contributed by atoms with Crippen LogP contribution in [-0.2, 0) is 0 Å². The second-order valence-electron chi connectivity index (χ2n) is 6.05. The molecule has 7 nitrogen and oxygen atoms in total. The van der Waals surface area contributed by atoms with E-state index in [4.69, 9.17) is 4.74 Å². The summed E-state index contributed by atoms with van der Waals surface area (Å²) < 4.78 is 5.86. The first-order chi connectivity index (χ1) is 11.4. The van der Waals surface area contributed by atoms with Crippen LogP contribution in [0.2, 0.25) is 0 Å². The molecular formula is C16H21N5O2S. The molecule has 0 spiro atoms. The summed E-state index contributed by atoms with van der Waals surface area (Å²) in [5, 5.41) is 9.10. The highest BCUT2D eigenvalue weighted by atomic mass is 32.1. The second-order valence-corrected chi connectivity index (χ2v) is 7.25. The van der Waals surface area contributed by atoms with Crippen molar-refractivity contribution < 1.29 is 9.53 Å². The molecule has 1 saturated heterocycles. The Morgan fingerprint density at radius 3 is 2.71 bits per heavy atom. The number of aryl methyl sites for hydroxylation is 2. The predicted molar refractivity (Wildman–Crippen MR) is 92.9 cm³/mol. The van der Waals surface area contributed by atoms with E-state index < -0.39 is 0 Å². The molecule has 0 radical (unpaired) electrons. The van der Waals surface area contributed by atoms with Crippen LogP contribution in [0, 0.1) is 13.8 Å². The summed E-state index contributed by atoms with van der Waals surface area (Å²) in [6, 6.07) is 3.67. The van der Waals surface area contributed by atoms with Crippen molar-refractivity contribution in [1.29, 1.82) is 0 Å². The van der Waals surface area contributed by atoms with Crippen LogP contribution in [0.5, 0.6) is 5.88 Å². The average Bonchev–Trinajstić information content (AvgIpc) is 3.13. The highest BCUT2D eigenvalue weighted by Gasteiger charge is 2.30. The highest BCUT2D eigenvalue weighted by molar-refractivity contribution is 7.13. The maximum absolute atomic E-state index is 12.6. The van der Waals surface area contributed by atoms with Crippen molar-refractivity contribution in [3.8, 4) is 5.88 Å². The second kappa shape index (κ2) is 6.72. The largest absolute Gasteiger partial charge is 0.471 e. The molecule has 24 heavy (non-hydrogen) atoms. The van der Waals surface area contributed by atoms with Crippen LogP contribution in [0.3, 0.4) is 0 Å². The number of anilines is 1. The number of rotatable bonds is 4. The lowest BCUT2D eigenvalue weighted by Crippen LogP contribution is -2.31. The van der Waals surface area contributed by atoms with Gasteiger partial charge < -0.3 is 14.5 Å². The monoisotopic (exact) mass is 347 g/mol. The van der Waals surface area contributed by atoms with Crippen LogP contribution < -0.4 is 9.64 Å². The maximum atomic E-state index is 12.6. The number of ether oxygens (including phenoxy) is 1. The Labute approximate surface area is 145 Å². The molecule has 3 rings (SSSR count). The van der Waals surface area contributed by atoms with Gasteiger partial charge in [-0.05, 0) is 19.9 Å². The number of carbonyl (C=O) groups is 1. The SMILES string of the molecule is Cc1nc(C)c(C(=O)N2CC[C@H](Oc3ccc(N(C)C)nn3)C2)s1. The van der Waals surface area contributed by atoms with Crippen LogP contribution >= 0.6 is 11.3 Å². The van der Waals surface area contributed by atoms with Gasteiger partial charge in [0.05, 0.1) is 17.2 Å². The van der Waals surface area contributed by atoms with Crippen LogP contribution in [0.25, 0.3) is 0 Å². The number of thiazole rings is 1. The molecule has 1 aliphatic rings. The van der Waals surface area contributed by atoms with E-state index >= 15 is 0 Å². The first-order valence-corrected chi connectivity index (χ1v) is 8.66. The van der Waals surface area contributed by atoms with Gasteiger partial charge in [0.25, 0.3) is 5.91 Å². The summed E-state index contributed by atoms with van der Waals surface area (Å²) >= 11 is 1.45. The van der Waals surface area contributed by atoms with Gasteiger partial charge in [0, 0.05) is 33.1 Å². The van der Waals surface area contributed by atoms with Crippen molar-refractivity contribution in [3.05, 3.63) is 27.7 Å². The van der Waals surface area contributed by atoms with E-state index in [9.17, 15) is 4.79 Å². The van der Waals surface area contributed by atoms with E-state index in [-0.39, 0.29) is 12.0 Å². The lowest BCUT2D eigenvalue weighted by Gasteiger charge is -2.16. The van der Waals surface area contributed by atoms with E-state index in [1.807, 2.05) is 49.9 Å². The van der Waals surface area contributed by atoms with E-state index in [1.54, 1.807) is 0 Å². The fourth-order valence-electron chi connectivity index (χ4n) is 2.67. The van der Waals surface area contributed by atoms with Crippen LogP contribution in [0.1, 0.15) is 26.8 Å². The molecule has 1 amide bonds. The molecule has 128 valence electrons. The van der Waals surface area contributed by atoms with Crippen molar-refractivity contribution in [2.45, 2.75) is 26.4 Å². The minimum absolute atomic E-state index is 0.0400. The van der Waals surface area contributed by atoms with Crippen molar-refractivity contribution >= 4 is 23.1 Å². The molecule has 0 bridgehead atoms. The van der Waals surface area contributed by atoms with Gasteiger partial charge in [-0.3, -0.25) is 4.79 Å². The molecule has 0 saturated carbocycles. The fraction of sp³-hybridized carbons (Fsp3) is 0.500. The van der Waals surface area contributed by atoms with Crippen LogP contribution in [0.4, 0.5) is 5.82 Å². The minimum Gasteiger partial charge on any atom is -0.471 e. The van der Waals surface area contributed by atoms with Crippen molar-refractivity contribution in [1.82, 2.24) is 20.1 Å². The lowest BCUT2D eigenvalue weighted by molar-refractivity contribution is 0.0774. The van der Waals surface area contributed by atoms with Gasteiger partial charge in [-0.25, -0.2) is 4.98 Å². The normalized spacial score (nSPS) is 17.2. The fourth-order valence-corrected chi connectivity index (χ4v) is 3.56. The molecule has 0 aromatic carbocycles. The van der Waals surface area contributed by atoms with Gasteiger partial charge in [-0.15, -0.1) is 21.5 Å². The van der Waals surface area contributed by atoms with E-state index in [1.165, 1.54) is 11.3 Å². The summed E-state index contributed by atoms with van der Waals surface area (Å²) in [6.45, 7) is 5.04. The molecule has 1 aliphatic heterocycles. The summed E-state index contributed by atoms with van der Waals surface area (Å²) in [5.74, 6) is 1.31. The number of hydrogen-bond donors (Lipinski definition) is 0. The Hall–Kier alpha value is -2.22. The maximum Gasteiger partial charge on any atom is 0.265 e. The first kappa shape index (κ1) is 16.6. The standard InChI is InChI=1S/C16H21N5O2S/c1-10-15(24-11(2)17-10)16(22)21-8-7-12(9-21)23-14-6-5-13(18-19-14)20(3)4/h5-6,12H,7-9H2,1-4H3/t12-/m0/s1. The predicted octanol–water partition coefficient (Wildman–Crippen LogP) is 1.91. The Morgan fingerprint density at radius 1 is 1.33 bits per heavy atom. The minimum atomic E-state index is -0.0530. The number of likely N-dealkylation sites (tertiary alicyclic amines) is 1.